The van der Waals surface area contributed by atoms with Crippen molar-refractivity contribution in [2.45, 2.75) is 52.5 Å². The summed E-state index contributed by atoms with van der Waals surface area (Å²) in [5.74, 6) is -0.134. The Kier molecular flexibility index (Phi) is 6.81. The Bertz CT molecular complexity index is 609. The van der Waals surface area contributed by atoms with Crippen molar-refractivity contribution in [3.8, 4) is 0 Å². The number of carbonyl (C=O) groups is 2. The van der Waals surface area contributed by atoms with Crippen LogP contribution < -0.4 is 10.6 Å². The van der Waals surface area contributed by atoms with E-state index in [9.17, 15) is 9.59 Å². The van der Waals surface area contributed by atoms with E-state index in [0.29, 0.717) is 12.1 Å². The van der Waals surface area contributed by atoms with Gasteiger partial charge in [0.25, 0.3) is 5.91 Å². The normalized spacial score (nSPS) is 16.9. The Hall–Kier alpha value is -1.88. The fraction of sp³-hybridized carbons (Fsp3) is 0.619. The molecule has 1 aromatic rings. The van der Waals surface area contributed by atoms with Crippen molar-refractivity contribution in [1.82, 2.24) is 15.5 Å². The van der Waals surface area contributed by atoms with Crippen LogP contribution in [0.2, 0.25) is 0 Å². The second kappa shape index (κ2) is 8.67. The highest BCUT2D eigenvalue weighted by molar-refractivity contribution is 5.97. The maximum absolute atomic E-state index is 12.9. The van der Waals surface area contributed by atoms with Gasteiger partial charge in [-0.1, -0.05) is 46.8 Å². The van der Waals surface area contributed by atoms with Gasteiger partial charge in [0.2, 0.25) is 5.91 Å². The van der Waals surface area contributed by atoms with Crippen LogP contribution in [0.1, 0.15) is 57.0 Å². The molecule has 1 heterocycles. The van der Waals surface area contributed by atoms with Crippen molar-refractivity contribution in [1.29, 1.82) is 0 Å². The predicted molar refractivity (Wildman–Crippen MR) is 105 cm³/mol. The van der Waals surface area contributed by atoms with Gasteiger partial charge < -0.3 is 15.5 Å². The number of rotatable bonds is 4. The van der Waals surface area contributed by atoms with Crippen molar-refractivity contribution in [2.75, 3.05) is 26.2 Å². The zero-order valence-electron chi connectivity index (χ0n) is 16.8. The lowest BCUT2D eigenvalue weighted by Crippen LogP contribution is -2.52. The van der Waals surface area contributed by atoms with Gasteiger partial charge in [0.15, 0.2) is 0 Å². The van der Waals surface area contributed by atoms with Crippen LogP contribution >= 0.6 is 0 Å². The largest absolute Gasteiger partial charge is 0.340 e. The van der Waals surface area contributed by atoms with E-state index in [0.717, 1.165) is 26.1 Å². The Morgan fingerprint density at radius 2 is 1.73 bits per heavy atom. The third kappa shape index (κ3) is 5.31. The molecule has 0 radical (unpaired) electrons. The van der Waals surface area contributed by atoms with Crippen LogP contribution in [0.5, 0.6) is 0 Å². The van der Waals surface area contributed by atoms with Crippen molar-refractivity contribution in [3.05, 3.63) is 35.4 Å². The minimum Gasteiger partial charge on any atom is -0.340 e. The molecule has 1 aromatic carbocycles. The standard InChI is InChI=1S/C21H33N3O2/c1-15(2)18(20(26)24-13-6-11-22-12-14-24)23-19(25)16-7-9-17(10-8-16)21(3,4)5/h7-10,15,18,22H,6,11-14H2,1-5H3,(H,23,25). The van der Waals surface area contributed by atoms with Gasteiger partial charge in [-0.15, -0.1) is 0 Å². The summed E-state index contributed by atoms with van der Waals surface area (Å²) in [6.45, 7) is 13.6. The summed E-state index contributed by atoms with van der Waals surface area (Å²) in [7, 11) is 0. The Morgan fingerprint density at radius 3 is 2.31 bits per heavy atom. The molecule has 2 amide bonds. The number of nitrogens with one attached hydrogen (secondary N) is 2. The molecule has 2 N–H and O–H groups in total. The van der Waals surface area contributed by atoms with Crippen molar-refractivity contribution in [2.24, 2.45) is 5.92 Å². The van der Waals surface area contributed by atoms with Crippen molar-refractivity contribution in [3.63, 3.8) is 0 Å². The second-order valence-electron chi connectivity index (χ2n) is 8.45. The maximum atomic E-state index is 12.9. The molecule has 1 atom stereocenters. The first kappa shape index (κ1) is 20.4. The van der Waals surface area contributed by atoms with E-state index < -0.39 is 6.04 Å². The van der Waals surface area contributed by atoms with Gasteiger partial charge in [-0.25, -0.2) is 0 Å². The van der Waals surface area contributed by atoms with E-state index in [2.05, 4.69) is 31.4 Å². The summed E-state index contributed by atoms with van der Waals surface area (Å²) >= 11 is 0. The lowest BCUT2D eigenvalue weighted by atomic mass is 9.86. The predicted octanol–water partition coefficient (Wildman–Crippen LogP) is 2.56. The number of hydrogen-bond acceptors (Lipinski definition) is 3. The second-order valence-corrected chi connectivity index (χ2v) is 8.45. The number of carbonyl (C=O) groups excluding carboxylic acids is 2. The first-order chi connectivity index (χ1) is 12.2. The van der Waals surface area contributed by atoms with E-state index in [4.69, 9.17) is 0 Å². The molecular weight excluding hydrogens is 326 g/mol. The highest BCUT2D eigenvalue weighted by Gasteiger charge is 2.29. The van der Waals surface area contributed by atoms with Gasteiger partial charge in [0, 0.05) is 25.2 Å². The number of amides is 2. The van der Waals surface area contributed by atoms with E-state index in [1.165, 1.54) is 5.56 Å². The SMILES string of the molecule is CC(C)C(NC(=O)c1ccc(C(C)(C)C)cc1)C(=O)N1CCCNCC1. The van der Waals surface area contributed by atoms with Gasteiger partial charge in [-0.05, 0) is 42.0 Å². The smallest absolute Gasteiger partial charge is 0.251 e. The molecule has 0 spiro atoms. The Balaban J connectivity index is 2.08. The Labute approximate surface area is 157 Å². The van der Waals surface area contributed by atoms with Crippen LogP contribution in [-0.2, 0) is 10.2 Å². The van der Waals surface area contributed by atoms with E-state index >= 15 is 0 Å². The van der Waals surface area contributed by atoms with E-state index in [1.807, 2.05) is 43.0 Å². The van der Waals surface area contributed by atoms with Crippen LogP contribution in [0.3, 0.4) is 0 Å². The van der Waals surface area contributed by atoms with Crippen LogP contribution in [0.25, 0.3) is 0 Å². The molecule has 0 aliphatic carbocycles. The van der Waals surface area contributed by atoms with E-state index in [-0.39, 0.29) is 23.1 Å². The third-order valence-corrected chi connectivity index (χ3v) is 4.88. The molecular formula is C21H33N3O2. The fourth-order valence-corrected chi connectivity index (χ4v) is 3.12. The quantitative estimate of drug-likeness (QED) is 0.868. The van der Waals surface area contributed by atoms with Gasteiger partial charge in [-0.3, -0.25) is 9.59 Å². The number of hydrogen-bond donors (Lipinski definition) is 2. The lowest BCUT2D eigenvalue weighted by Gasteiger charge is -2.29. The monoisotopic (exact) mass is 359 g/mol. The summed E-state index contributed by atoms with van der Waals surface area (Å²) < 4.78 is 0. The molecule has 0 bridgehead atoms. The van der Waals surface area contributed by atoms with Crippen LogP contribution in [0.4, 0.5) is 0 Å². The third-order valence-electron chi connectivity index (χ3n) is 4.88. The molecule has 144 valence electrons. The number of benzene rings is 1. The molecule has 1 unspecified atom stereocenters. The minimum absolute atomic E-state index is 0.0170. The maximum Gasteiger partial charge on any atom is 0.251 e. The highest BCUT2D eigenvalue weighted by Crippen LogP contribution is 2.22. The topological polar surface area (TPSA) is 61.4 Å². The van der Waals surface area contributed by atoms with E-state index in [1.54, 1.807) is 0 Å². The molecule has 0 aromatic heterocycles. The average molecular weight is 360 g/mol. The zero-order chi connectivity index (χ0) is 19.3. The highest BCUT2D eigenvalue weighted by atomic mass is 16.2. The summed E-state index contributed by atoms with van der Waals surface area (Å²) in [4.78, 5) is 27.5. The van der Waals surface area contributed by atoms with Gasteiger partial charge >= 0.3 is 0 Å². The molecule has 0 saturated carbocycles. The Morgan fingerprint density at radius 1 is 1.08 bits per heavy atom. The number of nitrogens with zero attached hydrogens (tertiary/aromatic N) is 1. The summed E-state index contributed by atoms with van der Waals surface area (Å²) in [6, 6.07) is 7.16. The van der Waals surface area contributed by atoms with Crippen LogP contribution in [0, 0.1) is 5.92 Å². The van der Waals surface area contributed by atoms with Gasteiger partial charge in [0.05, 0.1) is 0 Å². The molecule has 5 nitrogen and oxygen atoms in total. The summed E-state index contributed by atoms with van der Waals surface area (Å²) in [5.41, 5.74) is 1.82. The first-order valence-corrected chi connectivity index (χ1v) is 9.61. The van der Waals surface area contributed by atoms with Crippen LogP contribution in [-0.4, -0.2) is 48.9 Å². The molecule has 1 aliphatic heterocycles. The van der Waals surface area contributed by atoms with Crippen LogP contribution in [0.15, 0.2) is 24.3 Å². The van der Waals surface area contributed by atoms with Crippen molar-refractivity contribution < 1.29 is 9.59 Å². The average Bonchev–Trinajstić information content (AvgIpc) is 2.87. The van der Waals surface area contributed by atoms with Gasteiger partial charge in [-0.2, -0.15) is 0 Å². The summed E-state index contributed by atoms with van der Waals surface area (Å²) in [6.07, 6.45) is 0.943. The van der Waals surface area contributed by atoms with Gasteiger partial charge in [0.1, 0.15) is 6.04 Å². The fourth-order valence-electron chi connectivity index (χ4n) is 3.12. The van der Waals surface area contributed by atoms with Crippen molar-refractivity contribution >= 4 is 11.8 Å². The summed E-state index contributed by atoms with van der Waals surface area (Å²) in [5, 5.41) is 6.26. The molecule has 1 aliphatic rings. The molecule has 2 rings (SSSR count). The first-order valence-electron chi connectivity index (χ1n) is 9.61. The molecule has 26 heavy (non-hydrogen) atoms. The zero-order valence-corrected chi connectivity index (χ0v) is 16.8. The molecule has 1 fully saturated rings. The molecule has 1 saturated heterocycles. The lowest BCUT2D eigenvalue weighted by molar-refractivity contribution is -0.134. The molecule has 5 heteroatoms. The minimum atomic E-state index is -0.497.